The maximum Gasteiger partial charge on any atom is 0.119 e. The monoisotopic (exact) mass is 205 g/mol. The van der Waals surface area contributed by atoms with Crippen LogP contribution >= 0.6 is 0 Å². The number of benzene rings is 1. The Balaban J connectivity index is 2.10. The number of unbranched alkanes of at least 4 members (excludes halogenated alkanes) is 4. The molecule has 0 aromatic heterocycles. The van der Waals surface area contributed by atoms with E-state index < -0.39 is 0 Å². The minimum Gasteiger partial charge on any atom is -0.494 e. The van der Waals surface area contributed by atoms with Gasteiger partial charge in [-0.3, -0.25) is 0 Å². The van der Waals surface area contributed by atoms with Gasteiger partial charge in [0.05, 0.1) is 6.61 Å². The molecule has 0 aliphatic carbocycles. The van der Waals surface area contributed by atoms with E-state index in [1.165, 1.54) is 25.7 Å². The van der Waals surface area contributed by atoms with Crippen LogP contribution in [0.4, 0.5) is 0 Å². The van der Waals surface area contributed by atoms with Gasteiger partial charge in [0.25, 0.3) is 0 Å². The minimum absolute atomic E-state index is 0.827. The van der Waals surface area contributed by atoms with Crippen molar-refractivity contribution in [3.8, 4) is 5.75 Å². The normalized spacial score (nSPS) is 10.3. The summed E-state index contributed by atoms with van der Waals surface area (Å²) in [5.74, 6) is 0.943. The standard InChI is InChI=1S/C14H21O/c1-3-4-5-6-7-11-15-14-10-8-9-13(2)12-14/h8-10,12H,2-7,11H2,1H3. The highest BCUT2D eigenvalue weighted by Crippen LogP contribution is 2.13. The summed E-state index contributed by atoms with van der Waals surface area (Å²) in [6, 6.07) is 7.93. The molecule has 1 heteroatoms. The lowest BCUT2D eigenvalue weighted by Gasteiger charge is -2.06. The van der Waals surface area contributed by atoms with E-state index in [4.69, 9.17) is 4.74 Å². The van der Waals surface area contributed by atoms with E-state index in [9.17, 15) is 0 Å². The summed E-state index contributed by atoms with van der Waals surface area (Å²) in [7, 11) is 0. The second kappa shape index (κ2) is 7.33. The molecule has 0 heterocycles. The molecule has 1 aromatic carbocycles. The summed E-state index contributed by atoms with van der Waals surface area (Å²) in [5, 5.41) is 0. The highest BCUT2D eigenvalue weighted by Gasteiger charge is 1.94. The Morgan fingerprint density at radius 2 is 1.93 bits per heavy atom. The second-order valence-corrected chi connectivity index (χ2v) is 3.91. The van der Waals surface area contributed by atoms with Crippen molar-refractivity contribution in [2.24, 2.45) is 0 Å². The van der Waals surface area contributed by atoms with Gasteiger partial charge in [0.2, 0.25) is 0 Å². The van der Waals surface area contributed by atoms with Crippen LogP contribution in [0.1, 0.15) is 44.6 Å². The van der Waals surface area contributed by atoms with Gasteiger partial charge in [0, 0.05) is 0 Å². The van der Waals surface area contributed by atoms with Crippen molar-refractivity contribution in [2.45, 2.75) is 39.0 Å². The first-order chi connectivity index (χ1) is 7.33. The Labute approximate surface area is 93.5 Å². The van der Waals surface area contributed by atoms with Gasteiger partial charge in [-0.2, -0.15) is 0 Å². The molecule has 83 valence electrons. The highest BCUT2D eigenvalue weighted by atomic mass is 16.5. The predicted molar refractivity (Wildman–Crippen MR) is 65.2 cm³/mol. The van der Waals surface area contributed by atoms with Crippen LogP contribution in [0.3, 0.4) is 0 Å². The van der Waals surface area contributed by atoms with Crippen molar-refractivity contribution in [1.29, 1.82) is 0 Å². The van der Waals surface area contributed by atoms with Gasteiger partial charge < -0.3 is 4.74 Å². The first-order valence-corrected chi connectivity index (χ1v) is 5.87. The molecule has 0 fully saturated rings. The van der Waals surface area contributed by atoms with E-state index >= 15 is 0 Å². The molecule has 0 N–H and O–H groups in total. The van der Waals surface area contributed by atoms with Gasteiger partial charge in [-0.15, -0.1) is 0 Å². The molecule has 1 rings (SSSR count). The second-order valence-electron chi connectivity index (χ2n) is 3.91. The lowest BCUT2D eigenvalue weighted by Crippen LogP contribution is -1.97. The largest absolute Gasteiger partial charge is 0.494 e. The summed E-state index contributed by atoms with van der Waals surface area (Å²) in [5.41, 5.74) is 1.01. The van der Waals surface area contributed by atoms with Gasteiger partial charge in [-0.05, 0) is 31.0 Å². The van der Waals surface area contributed by atoms with E-state index in [2.05, 4.69) is 13.8 Å². The molecule has 0 amide bonds. The average Bonchev–Trinajstić information content (AvgIpc) is 2.23. The van der Waals surface area contributed by atoms with Crippen LogP contribution < -0.4 is 4.74 Å². The molecule has 1 aromatic rings. The summed E-state index contributed by atoms with van der Waals surface area (Å²) in [4.78, 5) is 0. The lowest BCUT2D eigenvalue weighted by molar-refractivity contribution is 0.304. The van der Waals surface area contributed by atoms with Crippen molar-refractivity contribution in [1.82, 2.24) is 0 Å². The summed E-state index contributed by atoms with van der Waals surface area (Å²) in [6.07, 6.45) is 6.40. The Kier molecular flexibility index (Phi) is 5.91. The van der Waals surface area contributed by atoms with Gasteiger partial charge >= 0.3 is 0 Å². The van der Waals surface area contributed by atoms with Crippen molar-refractivity contribution < 1.29 is 4.74 Å². The first kappa shape index (κ1) is 12.1. The van der Waals surface area contributed by atoms with Crippen LogP contribution in [0, 0.1) is 6.92 Å². The average molecular weight is 205 g/mol. The van der Waals surface area contributed by atoms with Crippen molar-refractivity contribution in [2.75, 3.05) is 6.61 Å². The predicted octanol–water partition coefficient (Wildman–Crippen LogP) is 4.22. The summed E-state index contributed by atoms with van der Waals surface area (Å²) in [6.45, 7) is 6.93. The Hall–Kier alpha value is -0.980. The quantitative estimate of drug-likeness (QED) is 0.606. The molecule has 0 saturated carbocycles. The third-order valence-electron chi connectivity index (χ3n) is 2.42. The molecular weight excluding hydrogens is 184 g/mol. The molecule has 0 unspecified atom stereocenters. The maximum absolute atomic E-state index is 5.63. The Morgan fingerprint density at radius 3 is 2.67 bits per heavy atom. The van der Waals surface area contributed by atoms with Crippen LogP contribution in [-0.4, -0.2) is 6.61 Å². The van der Waals surface area contributed by atoms with E-state index in [1.807, 2.05) is 24.3 Å². The van der Waals surface area contributed by atoms with Gasteiger partial charge in [-0.25, -0.2) is 0 Å². The summed E-state index contributed by atoms with van der Waals surface area (Å²) >= 11 is 0. The maximum atomic E-state index is 5.63. The molecule has 0 atom stereocenters. The van der Waals surface area contributed by atoms with Crippen molar-refractivity contribution in [3.05, 3.63) is 36.8 Å². The van der Waals surface area contributed by atoms with E-state index in [0.717, 1.165) is 24.3 Å². The Bertz CT molecular complexity index is 268. The zero-order valence-electron chi connectivity index (χ0n) is 9.67. The zero-order chi connectivity index (χ0) is 10.9. The van der Waals surface area contributed by atoms with Crippen LogP contribution in [0.2, 0.25) is 0 Å². The number of rotatable bonds is 7. The van der Waals surface area contributed by atoms with E-state index in [1.54, 1.807) is 0 Å². The highest BCUT2D eigenvalue weighted by molar-refractivity contribution is 5.29. The number of ether oxygens (including phenoxy) is 1. The molecule has 0 aliphatic heterocycles. The third-order valence-corrected chi connectivity index (χ3v) is 2.42. The fourth-order valence-electron chi connectivity index (χ4n) is 1.53. The fraction of sp³-hybridized carbons (Fsp3) is 0.500. The molecule has 0 saturated heterocycles. The first-order valence-electron chi connectivity index (χ1n) is 5.87. The summed E-state index contributed by atoms with van der Waals surface area (Å²) < 4.78 is 5.63. The topological polar surface area (TPSA) is 9.23 Å². The third kappa shape index (κ3) is 5.46. The molecule has 0 spiro atoms. The van der Waals surface area contributed by atoms with Crippen LogP contribution in [0.15, 0.2) is 24.3 Å². The van der Waals surface area contributed by atoms with Crippen LogP contribution in [0.25, 0.3) is 0 Å². The van der Waals surface area contributed by atoms with Gasteiger partial charge in [0.15, 0.2) is 0 Å². The van der Waals surface area contributed by atoms with Crippen LogP contribution in [-0.2, 0) is 0 Å². The number of hydrogen-bond acceptors (Lipinski definition) is 1. The van der Waals surface area contributed by atoms with E-state index in [0.29, 0.717) is 0 Å². The number of hydrogen-bond donors (Lipinski definition) is 0. The fourth-order valence-corrected chi connectivity index (χ4v) is 1.53. The smallest absolute Gasteiger partial charge is 0.119 e. The molecular formula is C14H21O. The molecule has 0 aliphatic rings. The molecule has 1 nitrogen and oxygen atoms in total. The minimum atomic E-state index is 0.827. The van der Waals surface area contributed by atoms with Crippen molar-refractivity contribution >= 4 is 0 Å². The molecule has 15 heavy (non-hydrogen) atoms. The lowest BCUT2D eigenvalue weighted by atomic mass is 10.2. The molecule has 0 bridgehead atoms. The zero-order valence-corrected chi connectivity index (χ0v) is 9.67. The Morgan fingerprint density at radius 1 is 1.13 bits per heavy atom. The SMILES string of the molecule is [CH2]c1cccc(OCCCCCCC)c1. The van der Waals surface area contributed by atoms with Gasteiger partial charge in [-0.1, -0.05) is 44.7 Å². The molecule has 1 radical (unpaired) electrons. The van der Waals surface area contributed by atoms with Crippen molar-refractivity contribution in [3.63, 3.8) is 0 Å². The van der Waals surface area contributed by atoms with Gasteiger partial charge in [0.1, 0.15) is 5.75 Å². The van der Waals surface area contributed by atoms with E-state index in [-0.39, 0.29) is 0 Å². The van der Waals surface area contributed by atoms with Crippen LogP contribution in [0.5, 0.6) is 5.75 Å².